The van der Waals surface area contributed by atoms with E-state index in [1.54, 1.807) is 0 Å². The Bertz CT molecular complexity index is 488. The molecule has 6 heteroatoms. The average Bonchev–Trinajstić information content (AvgIpc) is 2.77. The van der Waals surface area contributed by atoms with Gasteiger partial charge in [-0.05, 0) is 30.6 Å². The monoisotopic (exact) mass is 310 g/mol. The van der Waals surface area contributed by atoms with Gasteiger partial charge in [-0.2, -0.15) is 0 Å². The van der Waals surface area contributed by atoms with Gasteiger partial charge >= 0.3 is 0 Å². The zero-order chi connectivity index (χ0) is 15.5. The van der Waals surface area contributed by atoms with E-state index >= 15 is 0 Å². The Hall–Kier alpha value is -1.30. The van der Waals surface area contributed by atoms with E-state index in [1.807, 2.05) is 0 Å². The average molecular weight is 310 g/mol. The molecule has 0 aromatic carbocycles. The van der Waals surface area contributed by atoms with Crippen molar-refractivity contribution < 1.29 is 4.79 Å². The number of nitrogens with zero attached hydrogens (tertiary/aromatic N) is 1. The number of hydrogen-bond acceptors (Lipinski definition) is 5. The van der Waals surface area contributed by atoms with E-state index in [0.29, 0.717) is 22.0 Å². The van der Waals surface area contributed by atoms with Gasteiger partial charge in [0.15, 0.2) is 5.13 Å². The second-order valence-corrected chi connectivity index (χ2v) is 7.40. The minimum Gasteiger partial charge on any atom is -0.382 e. The number of carbonyl (C=O) groups excluding carboxylic acids is 1. The van der Waals surface area contributed by atoms with Crippen LogP contribution in [0.1, 0.15) is 56.1 Å². The SMILES string of the molecule is CCC1(CNC(=O)c2sc(NCC(C)C)nc2N)CCC1. The third-order valence-corrected chi connectivity index (χ3v) is 5.34. The highest BCUT2D eigenvalue weighted by atomic mass is 32.1. The third-order valence-electron chi connectivity index (χ3n) is 4.31. The van der Waals surface area contributed by atoms with Crippen LogP contribution in [0.3, 0.4) is 0 Å². The lowest BCUT2D eigenvalue weighted by Gasteiger charge is -2.41. The number of carbonyl (C=O) groups is 1. The molecule has 1 aliphatic rings. The number of amides is 1. The van der Waals surface area contributed by atoms with Crippen molar-refractivity contribution in [1.82, 2.24) is 10.3 Å². The smallest absolute Gasteiger partial charge is 0.265 e. The summed E-state index contributed by atoms with van der Waals surface area (Å²) in [6.45, 7) is 8.02. The van der Waals surface area contributed by atoms with E-state index in [0.717, 1.165) is 24.6 Å². The lowest BCUT2D eigenvalue weighted by molar-refractivity contribution is 0.0854. The van der Waals surface area contributed by atoms with Crippen LogP contribution >= 0.6 is 11.3 Å². The largest absolute Gasteiger partial charge is 0.382 e. The quantitative estimate of drug-likeness (QED) is 0.723. The van der Waals surface area contributed by atoms with Crippen LogP contribution in [0, 0.1) is 11.3 Å². The molecule has 21 heavy (non-hydrogen) atoms. The van der Waals surface area contributed by atoms with Crippen molar-refractivity contribution in [3.05, 3.63) is 4.88 Å². The zero-order valence-electron chi connectivity index (χ0n) is 13.2. The normalized spacial score (nSPS) is 16.6. The second-order valence-electron chi connectivity index (χ2n) is 6.40. The van der Waals surface area contributed by atoms with E-state index in [1.165, 1.54) is 30.6 Å². The van der Waals surface area contributed by atoms with E-state index in [9.17, 15) is 4.79 Å². The fourth-order valence-corrected chi connectivity index (χ4v) is 3.35. The topological polar surface area (TPSA) is 80.0 Å². The summed E-state index contributed by atoms with van der Waals surface area (Å²) >= 11 is 1.33. The van der Waals surface area contributed by atoms with Crippen LogP contribution in [0.25, 0.3) is 0 Å². The molecule has 118 valence electrons. The van der Waals surface area contributed by atoms with Crippen LogP contribution in [0.5, 0.6) is 0 Å². The number of thiazole rings is 1. The number of aromatic nitrogens is 1. The van der Waals surface area contributed by atoms with Crippen LogP contribution in [0.15, 0.2) is 0 Å². The van der Waals surface area contributed by atoms with Gasteiger partial charge in [0.2, 0.25) is 0 Å². The molecule has 1 fully saturated rings. The van der Waals surface area contributed by atoms with Crippen LogP contribution in [0.4, 0.5) is 10.9 Å². The fraction of sp³-hybridized carbons (Fsp3) is 0.733. The molecule has 0 atom stereocenters. The maximum absolute atomic E-state index is 12.3. The zero-order valence-corrected chi connectivity index (χ0v) is 14.0. The first-order chi connectivity index (χ1) is 9.96. The van der Waals surface area contributed by atoms with Gasteiger partial charge in [0.1, 0.15) is 10.7 Å². The van der Waals surface area contributed by atoms with Crippen molar-refractivity contribution in [1.29, 1.82) is 0 Å². The van der Waals surface area contributed by atoms with Gasteiger partial charge in [0.05, 0.1) is 0 Å². The first-order valence-electron chi connectivity index (χ1n) is 7.74. The van der Waals surface area contributed by atoms with Crippen molar-refractivity contribution in [3.8, 4) is 0 Å². The summed E-state index contributed by atoms with van der Waals surface area (Å²) in [5.74, 6) is 0.751. The molecule has 4 N–H and O–H groups in total. The highest BCUT2D eigenvalue weighted by Crippen LogP contribution is 2.43. The maximum Gasteiger partial charge on any atom is 0.265 e. The molecule has 0 bridgehead atoms. The highest BCUT2D eigenvalue weighted by molar-refractivity contribution is 7.18. The molecular weight excluding hydrogens is 284 g/mol. The van der Waals surface area contributed by atoms with Crippen LogP contribution in [-0.2, 0) is 0 Å². The lowest BCUT2D eigenvalue weighted by atomic mass is 9.67. The number of nitrogen functional groups attached to an aromatic ring is 1. The van der Waals surface area contributed by atoms with Crippen molar-refractivity contribution >= 4 is 28.2 Å². The van der Waals surface area contributed by atoms with Crippen LogP contribution in [-0.4, -0.2) is 24.0 Å². The van der Waals surface area contributed by atoms with Crippen LogP contribution < -0.4 is 16.4 Å². The molecule has 0 spiro atoms. The van der Waals surface area contributed by atoms with E-state index < -0.39 is 0 Å². The molecule has 1 saturated carbocycles. The first kappa shape index (κ1) is 16.1. The van der Waals surface area contributed by atoms with Gasteiger partial charge < -0.3 is 16.4 Å². The Morgan fingerprint density at radius 3 is 2.71 bits per heavy atom. The Kier molecular flexibility index (Phi) is 5.08. The van der Waals surface area contributed by atoms with Gasteiger partial charge in [0.25, 0.3) is 5.91 Å². The summed E-state index contributed by atoms with van der Waals surface area (Å²) in [4.78, 5) is 17.0. The summed E-state index contributed by atoms with van der Waals surface area (Å²) in [6, 6.07) is 0. The van der Waals surface area contributed by atoms with Gasteiger partial charge in [-0.25, -0.2) is 4.98 Å². The molecular formula is C15H26N4OS. The second kappa shape index (κ2) is 6.64. The molecule has 2 rings (SSSR count). The molecule has 0 unspecified atom stereocenters. The fourth-order valence-electron chi connectivity index (χ4n) is 2.54. The molecule has 1 heterocycles. The van der Waals surface area contributed by atoms with E-state index in [2.05, 4.69) is 36.4 Å². The summed E-state index contributed by atoms with van der Waals surface area (Å²) in [5, 5.41) is 6.97. The minimum absolute atomic E-state index is 0.0951. The van der Waals surface area contributed by atoms with E-state index in [4.69, 9.17) is 5.73 Å². The van der Waals surface area contributed by atoms with Gasteiger partial charge in [-0.3, -0.25) is 4.79 Å². The van der Waals surface area contributed by atoms with Crippen molar-refractivity contribution in [2.45, 2.75) is 46.5 Å². The number of nitrogens with one attached hydrogen (secondary N) is 2. The summed E-state index contributed by atoms with van der Waals surface area (Å²) in [5.41, 5.74) is 6.18. The predicted octanol–water partition coefficient (Wildman–Crippen LogP) is 3.10. The van der Waals surface area contributed by atoms with Gasteiger partial charge in [0, 0.05) is 13.1 Å². The summed E-state index contributed by atoms with van der Waals surface area (Å²) in [7, 11) is 0. The molecule has 0 radical (unpaired) electrons. The van der Waals surface area contributed by atoms with Crippen molar-refractivity contribution in [2.75, 3.05) is 24.1 Å². The Morgan fingerprint density at radius 2 is 2.19 bits per heavy atom. The van der Waals surface area contributed by atoms with Crippen molar-refractivity contribution in [2.24, 2.45) is 11.3 Å². The summed E-state index contributed by atoms with van der Waals surface area (Å²) < 4.78 is 0. The lowest BCUT2D eigenvalue weighted by Crippen LogP contribution is -2.41. The molecule has 1 aliphatic carbocycles. The Balaban J connectivity index is 1.92. The first-order valence-corrected chi connectivity index (χ1v) is 8.56. The van der Waals surface area contributed by atoms with Crippen LogP contribution in [0.2, 0.25) is 0 Å². The van der Waals surface area contributed by atoms with Gasteiger partial charge in [-0.15, -0.1) is 0 Å². The van der Waals surface area contributed by atoms with Crippen molar-refractivity contribution in [3.63, 3.8) is 0 Å². The Morgan fingerprint density at radius 1 is 1.48 bits per heavy atom. The highest BCUT2D eigenvalue weighted by Gasteiger charge is 2.35. The van der Waals surface area contributed by atoms with Gasteiger partial charge in [-0.1, -0.05) is 38.5 Å². The number of hydrogen-bond donors (Lipinski definition) is 3. The molecule has 1 aromatic rings. The molecule has 0 saturated heterocycles. The number of anilines is 2. The molecule has 1 aromatic heterocycles. The summed E-state index contributed by atoms with van der Waals surface area (Å²) in [6.07, 6.45) is 4.81. The predicted molar refractivity (Wildman–Crippen MR) is 88.8 cm³/mol. The molecule has 1 amide bonds. The maximum atomic E-state index is 12.3. The Labute approximate surface area is 130 Å². The molecule has 5 nitrogen and oxygen atoms in total. The third kappa shape index (κ3) is 3.87. The minimum atomic E-state index is -0.0951. The number of rotatable bonds is 7. The standard InChI is InChI=1S/C15H26N4OS/c1-4-15(6-5-7-15)9-18-13(20)11-12(16)19-14(21-11)17-8-10(2)3/h10H,4-9,16H2,1-3H3,(H,17,19)(H,18,20). The van der Waals surface area contributed by atoms with E-state index in [-0.39, 0.29) is 5.91 Å². The number of nitrogens with two attached hydrogens (primary N) is 1. The molecule has 0 aliphatic heterocycles.